The van der Waals surface area contributed by atoms with Crippen LogP contribution in [0.25, 0.3) is 0 Å². The van der Waals surface area contributed by atoms with Crippen LogP contribution in [0, 0.1) is 0 Å². The summed E-state index contributed by atoms with van der Waals surface area (Å²) in [6, 6.07) is 0. The Hall–Kier alpha value is -0.0800. The lowest BCUT2D eigenvalue weighted by atomic mass is 10.2. The number of hydrogen-bond donors (Lipinski definition) is 0. The van der Waals surface area contributed by atoms with Crippen molar-refractivity contribution >= 4 is 0 Å². The molecule has 0 N–H and O–H groups in total. The molecule has 0 aromatic rings. The summed E-state index contributed by atoms with van der Waals surface area (Å²) in [6.45, 7) is 11.3. The Morgan fingerprint density at radius 1 is 1.08 bits per heavy atom. The molecule has 0 atom stereocenters. The van der Waals surface area contributed by atoms with Crippen molar-refractivity contribution in [3.8, 4) is 0 Å². The maximum absolute atomic E-state index is 2.54. The fraction of sp³-hybridized carbons (Fsp3) is 1.00. The summed E-state index contributed by atoms with van der Waals surface area (Å²) in [5, 5.41) is 0. The molecule has 1 heterocycles. The molecule has 0 amide bonds. The molecule has 0 saturated carbocycles. The molecule has 2 nitrogen and oxygen atoms in total. The first-order chi connectivity index (χ1) is 6.33. The van der Waals surface area contributed by atoms with Crippen LogP contribution in [0.2, 0.25) is 0 Å². The first-order valence-electron chi connectivity index (χ1n) is 5.74. The van der Waals surface area contributed by atoms with Gasteiger partial charge in [-0.2, -0.15) is 0 Å². The van der Waals surface area contributed by atoms with Crippen molar-refractivity contribution in [2.24, 2.45) is 0 Å². The van der Waals surface area contributed by atoms with Crippen LogP contribution < -0.4 is 0 Å². The van der Waals surface area contributed by atoms with Gasteiger partial charge < -0.3 is 0 Å². The molecule has 0 spiro atoms. The second kappa shape index (κ2) is 8.52. The third-order valence-corrected chi connectivity index (χ3v) is 2.32. The molecule has 1 aliphatic heterocycles. The van der Waals surface area contributed by atoms with E-state index < -0.39 is 0 Å². The first kappa shape index (κ1) is 12.9. The maximum Gasteiger partial charge on any atom is 0.0504 e. The SMILES string of the molecule is CC.CCCCCN1CCN(C)C1. The van der Waals surface area contributed by atoms with Crippen molar-refractivity contribution in [2.45, 2.75) is 40.0 Å². The predicted octanol–water partition coefficient (Wildman–Crippen LogP) is 2.41. The van der Waals surface area contributed by atoms with Crippen molar-refractivity contribution in [1.29, 1.82) is 0 Å². The summed E-state index contributed by atoms with van der Waals surface area (Å²) in [5.74, 6) is 0. The zero-order valence-electron chi connectivity index (χ0n) is 9.84. The van der Waals surface area contributed by atoms with Crippen LogP contribution in [-0.2, 0) is 0 Å². The first-order valence-corrected chi connectivity index (χ1v) is 5.74. The molecular formula is C11H26N2. The molecule has 1 aliphatic rings. The zero-order valence-corrected chi connectivity index (χ0v) is 9.84. The van der Waals surface area contributed by atoms with E-state index in [0.717, 1.165) is 0 Å². The van der Waals surface area contributed by atoms with Crippen molar-refractivity contribution < 1.29 is 0 Å². The third-order valence-electron chi connectivity index (χ3n) is 2.32. The lowest BCUT2D eigenvalue weighted by Gasteiger charge is -2.14. The highest BCUT2D eigenvalue weighted by atomic mass is 15.4. The summed E-state index contributed by atoms with van der Waals surface area (Å²) in [4.78, 5) is 4.92. The summed E-state index contributed by atoms with van der Waals surface area (Å²) in [5.41, 5.74) is 0. The highest BCUT2D eigenvalue weighted by Crippen LogP contribution is 2.04. The minimum absolute atomic E-state index is 1.18. The van der Waals surface area contributed by atoms with Gasteiger partial charge in [0.2, 0.25) is 0 Å². The molecule has 0 aliphatic carbocycles. The highest BCUT2D eigenvalue weighted by molar-refractivity contribution is 4.67. The smallest absolute Gasteiger partial charge is 0.0504 e. The number of unbranched alkanes of at least 4 members (excludes halogenated alkanes) is 2. The monoisotopic (exact) mass is 186 g/mol. The van der Waals surface area contributed by atoms with Gasteiger partial charge in [0.1, 0.15) is 0 Å². The molecule has 0 radical (unpaired) electrons. The third kappa shape index (κ3) is 6.05. The normalized spacial score (nSPS) is 18.5. The Balaban J connectivity index is 0.000000671. The Morgan fingerprint density at radius 3 is 2.23 bits per heavy atom. The molecule has 13 heavy (non-hydrogen) atoms. The molecule has 1 saturated heterocycles. The van der Waals surface area contributed by atoms with Crippen molar-refractivity contribution in [3.05, 3.63) is 0 Å². The van der Waals surface area contributed by atoms with Gasteiger partial charge in [-0.25, -0.2) is 0 Å². The van der Waals surface area contributed by atoms with Gasteiger partial charge in [0.05, 0.1) is 6.67 Å². The molecule has 0 aromatic heterocycles. The maximum atomic E-state index is 2.54. The summed E-state index contributed by atoms with van der Waals surface area (Å²) in [6.07, 6.45) is 4.11. The van der Waals surface area contributed by atoms with E-state index >= 15 is 0 Å². The molecule has 0 aromatic carbocycles. The van der Waals surface area contributed by atoms with Gasteiger partial charge in [0.25, 0.3) is 0 Å². The molecular weight excluding hydrogens is 160 g/mol. The molecule has 80 valence electrons. The van der Waals surface area contributed by atoms with Gasteiger partial charge >= 0.3 is 0 Å². The van der Waals surface area contributed by atoms with E-state index in [1.54, 1.807) is 0 Å². The average molecular weight is 186 g/mol. The average Bonchev–Trinajstić information content (AvgIpc) is 2.56. The summed E-state index contributed by atoms with van der Waals surface area (Å²) >= 11 is 0. The standard InChI is InChI=1S/C9H20N2.C2H6/c1-3-4-5-6-11-8-7-10(2)9-11;1-2/h3-9H2,1-2H3;1-2H3. The second-order valence-corrected chi connectivity index (χ2v) is 3.55. The summed E-state index contributed by atoms with van der Waals surface area (Å²) < 4.78 is 0. The Kier molecular flexibility index (Phi) is 8.46. The van der Waals surface area contributed by atoms with Gasteiger partial charge in [-0.05, 0) is 20.0 Å². The van der Waals surface area contributed by atoms with E-state index in [4.69, 9.17) is 0 Å². The predicted molar refractivity (Wildman–Crippen MR) is 59.9 cm³/mol. The van der Waals surface area contributed by atoms with Crippen LogP contribution in [0.1, 0.15) is 40.0 Å². The second-order valence-electron chi connectivity index (χ2n) is 3.55. The minimum Gasteiger partial charge on any atom is -0.292 e. The Bertz CT molecular complexity index is 104. The van der Waals surface area contributed by atoms with E-state index in [1.165, 1.54) is 45.6 Å². The Labute approximate surface area is 83.9 Å². The summed E-state index contributed by atoms with van der Waals surface area (Å²) in [7, 11) is 2.19. The number of nitrogens with zero attached hydrogens (tertiary/aromatic N) is 2. The van der Waals surface area contributed by atoms with E-state index in [2.05, 4.69) is 23.8 Å². The van der Waals surface area contributed by atoms with Crippen LogP contribution in [0.4, 0.5) is 0 Å². The lowest BCUT2D eigenvalue weighted by molar-refractivity contribution is 0.270. The number of likely N-dealkylation sites (N-methyl/N-ethyl adjacent to an activating group) is 1. The molecule has 1 rings (SSSR count). The lowest BCUT2D eigenvalue weighted by Crippen LogP contribution is -2.23. The van der Waals surface area contributed by atoms with E-state index in [0.29, 0.717) is 0 Å². The van der Waals surface area contributed by atoms with Gasteiger partial charge in [0.15, 0.2) is 0 Å². The van der Waals surface area contributed by atoms with Crippen LogP contribution in [0.5, 0.6) is 0 Å². The fourth-order valence-electron chi connectivity index (χ4n) is 1.56. The van der Waals surface area contributed by atoms with Crippen LogP contribution in [0.3, 0.4) is 0 Å². The topological polar surface area (TPSA) is 6.48 Å². The van der Waals surface area contributed by atoms with E-state index in [9.17, 15) is 0 Å². The van der Waals surface area contributed by atoms with Gasteiger partial charge in [-0.3, -0.25) is 9.80 Å². The number of rotatable bonds is 4. The van der Waals surface area contributed by atoms with Crippen LogP contribution in [-0.4, -0.2) is 43.2 Å². The van der Waals surface area contributed by atoms with Crippen molar-refractivity contribution in [2.75, 3.05) is 33.4 Å². The zero-order chi connectivity index (χ0) is 10.1. The van der Waals surface area contributed by atoms with Crippen LogP contribution >= 0.6 is 0 Å². The van der Waals surface area contributed by atoms with E-state index in [1.807, 2.05) is 13.8 Å². The molecule has 2 heteroatoms. The van der Waals surface area contributed by atoms with E-state index in [-0.39, 0.29) is 0 Å². The molecule has 1 fully saturated rings. The van der Waals surface area contributed by atoms with Gasteiger partial charge in [-0.15, -0.1) is 0 Å². The quantitative estimate of drug-likeness (QED) is 0.622. The van der Waals surface area contributed by atoms with Gasteiger partial charge in [-0.1, -0.05) is 33.6 Å². The number of hydrogen-bond acceptors (Lipinski definition) is 2. The van der Waals surface area contributed by atoms with Crippen molar-refractivity contribution in [1.82, 2.24) is 9.80 Å². The van der Waals surface area contributed by atoms with Gasteiger partial charge in [0, 0.05) is 13.1 Å². The minimum atomic E-state index is 1.18. The van der Waals surface area contributed by atoms with Crippen molar-refractivity contribution in [3.63, 3.8) is 0 Å². The van der Waals surface area contributed by atoms with Crippen LogP contribution in [0.15, 0.2) is 0 Å². The Morgan fingerprint density at radius 2 is 1.77 bits per heavy atom. The fourth-order valence-corrected chi connectivity index (χ4v) is 1.56. The highest BCUT2D eigenvalue weighted by Gasteiger charge is 2.14. The molecule has 0 unspecified atom stereocenters. The largest absolute Gasteiger partial charge is 0.292 e. The molecule has 0 bridgehead atoms.